The minimum atomic E-state index is -4.94. The van der Waals surface area contributed by atoms with Gasteiger partial charge in [-0.15, -0.1) is 0 Å². The van der Waals surface area contributed by atoms with Crippen molar-refractivity contribution >= 4 is 43.0 Å². The second-order valence-electron chi connectivity index (χ2n) is 5.20. The van der Waals surface area contributed by atoms with Gasteiger partial charge in [0.25, 0.3) is 10.0 Å². The van der Waals surface area contributed by atoms with Crippen LogP contribution in [0.1, 0.15) is 5.56 Å². The molecule has 2 aromatic carbocycles. The van der Waals surface area contributed by atoms with E-state index in [1.807, 2.05) is 4.72 Å². The zero-order valence-corrected chi connectivity index (χ0v) is 15.4. The van der Waals surface area contributed by atoms with Crippen molar-refractivity contribution in [3.63, 3.8) is 0 Å². The largest absolute Gasteiger partial charge is 0.417 e. The van der Waals surface area contributed by atoms with Gasteiger partial charge < -0.3 is 0 Å². The molecule has 26 heavy (non-hydrogen) atoms. The molecular weight excluding hydrogens is 417 g/mol. The van der Waals surface area contributed by atoms with E-state index in [9.17, 15) is 30.0 Å². The van der Waals surface area contributed by atoms with Gasteiger partial charge in [-0.1, -0.05) is 17.7 Å². The molecular formula is C14H12ClF3N2O4S2. The summed E-state index contributed by atoms with van der Waals surface area (Å²) in [6, 6.07) is 7.34. The first-order chi connectivity index (χ1) is 11.8. The number of alkyl halides is 3. The lowest BCUT2D eigenvalue weighted by molar-refractivity contribution is -0.139. The van der Waals surface area contributed by atoms with Crippen LogP contribution in [0.2, 0.25) is 5.02 Å². The zero-order chi connectivity index (χ0) is 19.8. The molecule has 0 aromatic heterocycles. The predicted molar refractivity (Wildman–Crippen MR) is 92.2 cm³/mol. The molecule has 0 aliphatic carbocycles. The third kappa shape index (κ3) is 5.26. The van der Waals surface area contributed by atoms with Crippen molar-refractivity contribution in [3.05, 3.63) is 53.1 Å². The van der Waals surface area contributed by atoms with Gasteiger partial charge in [-0.2, -0.15) is 13.2 Å². The van der Waals surface area contributed by atoms with Gasteiger partial charge in [-0.25, -0.2) is 16.8 Å². The van der Waals surface area contributed by atoms with Gasteiger partial charge in [0, 0.05) is 5.02 Å². The summed E-state index contributed by atoms with van der Waals surface area (Å²) in [5, 5.41) is -0.268. The SMILES string of the molecule is CS(=O)(=O)Nc1cccc(NS(=O)(=O)c2ccc(Cl)cc2C(F)(F)F)c1. The van der Waals surface area contributed by atoms with Crippen molar-refractivity contribution in [2.75, 3.05) is 15.7 Å². The highest BCUT2D eigenvalue weighted by Gasteiger charge is 2.37. The lowest BCUT2D eigenvalue weighted by atomic mass is 10.2. The Morgan fingerprint density at radius 1 is 0.923 bits per heavy atom. The fourth-order valence-electron chi connectivity index (χ4n) is 2.03. The molecule has 142 valence electrons. The highest BCUT2D eigenvalue weighted by Crippen LogP contribution is 2.36. The Balaban J connectivity index is 2.43. The molecule has 2 rings (SSSR count). The second kappa shape index (κ2) is 6.97. The van der Waals surface area contributed by atoms with Crippen LogP contribution < -0.4 is 9.44 Å². The molecule has 0 saturated carbocycles. The van der Waals surface area contributed by atoms with Crippen LogP contribution in [-0.2, 0) is 26.2 Å². The summed E-state index contributed by atoms with van der Waals surface area (Å²) in [7, 11) is -8.22. The van der Waals surface area contributed by atoms with E-state index in [2.05, 4.69) is 4.72 Å². The van der Waals surface area contributed by atoms with Gasteiger partial charge in [-0.3, -0.25) is 9.44 Å². The van der Waals surface area contributed by atoms with Gasteiger partial charge >= 0.3 is 6.18 Å². The molecule has 0 amide bonds. The molecule has 0 radical (unpaired) electrons. The number of rotatable bonds is 5. The number of benzene rings is 2. The minimum Gasteiger partial charge on any atom is -0.284 e. The number of hydrogen-bond acceptors (Lipinski definition) is 4. The summed E-state index contributed by atoms with van der Waals surface area (Å²) >= 11 is 5.54. The number of nitrogens with one attached hydrogen (secondary N) is 2. The normalized spacial score (nSPS) is 12.7. The first kappa shape index (κ1) is 20.3. The van der Waals surface area contributed by atoms with Crippen molar-refractivity contribution in [1.29, 1.82) is 0 Å². The van der Waals surface area contributed by atoms with Gasteiger partial charge in [0.15, 0.2) is 0 Å². The maximum atomic E-state index is 13.1. The molecule has 2 N–H and O–H groups in total. The average molecular weight is 429 g/mol. The summed E-state index contributed by atoms with van der Waals surface area (Å²) in [6.07, 6.45) is -4.04. The second-order valence-corrected chi connectivity index (χ2v) is 9.03. The average Bonchev–Trinajstić information content (AvgIpc) is 2.44. The van der Waals surface area contributed by atoms with Crippen LogP contribution in [-0.4, -0.2) is 23.1 Å². The number of hydrogen-bond donors (Lipinski definition) is 2. The standard InChI is InChI=1S/C14H12ClF3N2O4S2/c1-25(21,22)19-10-3-2-4-11(8-10)20-26(23,24)13-6-5-9(15)7-12(13)14(16,17)18/h2-8,19-20H,1H3. The van der Waals surface area contributed by atoms with Crippen LogP contribution >= 0.6 is 11.6 Å². The number of anilines is 2. The molecule has 0 aliphatic rings. The van der Waals surface area contributed by atoms with Crippen molar-refractivity contribution in [2.24, 2.45) is 0 Å². The van der Waals surface area contributed by atoms with Crippen LogP contribution in [0.25, 0.3) is 0 Å². The molecule has 0 atom stereocenters. The van der Waals surface area contributed by atoms with Crippen molar-refractivity contribution in [2.45, 2.75) is 11.1 Å². The molecule has 2 aromatic rings. The van der Waals surface area contributed by atoms with E-state index < -0.39 is 36.7 Å². The molecule has 0 bridgehead atoms. The van der Waals surface area contributed by atoms with E-state index in [1.54, 1.807) is 0 Å². The highest BCUT2D eigenvalue weighted by atomic mass is 35.5. The Labute approximate surface area is 153 Å². The van der Waals surface area contributed by atoms with Gasteiger partial charge in [0.1, 0.15) is 0 Å². The van der Waals surface area contributed by atoms with E-state index in [-0.39, 0.29) is 16.4 Å². The minimum absolute atomic E-state index is 0.0415. The monoisotopic (exact) mass is 428 g/mol. The summed E-state index contributed by atoms with van der Waals surface area (Å²) in [5.74, 6) is 0. The Morgan fingerprint density at radius 2 is 1.50 bits per heavy atom. The van der Waals surface area contributed by atoms with Crippen molar-refractivity contribution in [1.82, 2.24) is 0 Å². The van der Waals surface area contributed by atoms with E-state index in [4.69, 9.17) is 11.6 Å². The van der Waals surface area contributed by atoms with E-state index in [1.165, 1.54) is 18.2 Å². The predicted octanol–water partition coefficient (Wildman–Crippen LogP) is 3.53. The summed E-state index contributed by atoms with van der Waals surface area (Å²) in [4.78, 5) is -1.00. The van der Waals surface area contributed by atoms with Crippen LogP contribution in [0.15, 0.2) is 47.4 Å². The van der Waals surface area contributed by atoms with E-state index in [0.29, 0.717) is 6.07 Å². The van der Waals surface area contributed by atoms with E-state index in [0.717, 1.165) is 24.5 Å². The molecule has 0 spiro atoms. The fourth-order valence-corrected chi connectivity index (χ4v) is 4.01. The lowest BCUT2D eigenvalue weighted by Gasteiger charge is -2.15. The van der Waals surface area contributed by atoms with Gasteiger partial charge in [-0.05, 0) is 36.4 Å². The van der Waals surface area contributed by atoms with Crippen LogP contribution in [0.3, 0.4) is 0 Å². The smallest absolute Gasteiger partial charge is 0.284 e. The third-order valence-electron chi connectivity index (χ3n) is 2.95. The third-order valence-corrected chi connectivity index (χ3v) is 5.24. The first-order valence-corrected chi connectivity index (χ1v) is 10.5. The van der Waals surface area contributed by atoms with Gasteiger partial charge in [0.2, 0.25) is 10.0 Å². The van der Waals surface area contributed by atoms with Crippen LogP contribution in [0.4, 0.5) is 24.5 Å². The molecule has 6 nitrogen and oxygen atoms in total. The van der Waals surface area contributed by atoms with Crippen molar-refractivity contribution in [3.8, 4) is 0 Å². The summed E-state index contributed by atoms with van der Waals surface area (Å²) < 4.78 is 90.7. The molecule has 0 unspecified atom stereocenters. The van der Waals surface area contributed by atoms with E-state index >= 15 is 0 Å². The molecule has 12 heteroatoms. The Kier molecular flexibility index (Phi) is 5.45. The number of halogens is 4. The van der Waals surface area contributed by atoms with Crippen LogP contribution in [0.5, 0.6) is 0 Å². The summed E-state index contributed by atoms with van der Waals surface area (Å²) in [5.41, 5.74) is -1.50. The Morgan fingerprint density at radius 3 is 2.04 bits per heavy atom. The first-order valence-electron chi connectivity index (χ1n) is 6.75. The zero-order valence-electron chi connectivity index (χ0n) is 13.0. The van der Waals surface area contributed by atoms with Gasteiger partial charge in [0.05, 0.1) is 28.1 Å². The Hall–Kier alpha value is -1.98. The lowest BCUT2D eigenvalue weighted by Crippen LogP contribution is -2.19. The summed E-state index contributed by atoms with van der Waals surface area (Å²) in [6.45, 7) is 0. The quantitative estimate of drug-likeness (QED) is 0.762. The molecule has 0 aliphatic heterocycles. The van der Waals surface area contributed by atoms with Crippen LogP contribution in [0, 0.1) is 0 Å². The number of sulfonamides is 2. The topological polar surface area (TPSA) is 92.3 Å². The fraction of sp³-hybridized carbons (Fsp3) is 0.143. The maximum Gasteiger partial charge on any atom is 0.417 e. The Bertz CT molecular complexity index is 1040. The highest BCUT2D eigenvalue weighted by molar-refractivity contribution is 7.92. The van der Waals surface area contributed by atoms with Crippen molar-refractivity contribution < 1.29 is 30.0 Å². The molecule has 0 saturated heterocycles. The molecule has 0 fully saturated rings. The maximum absolute atomic E-state index is 13.1. The molecule has 0 heterocycles.